The van der Waals surface area contributed by atoms with Crippen LogP contribution in [0.3, 0.4) is 0 Å². The van der Waals surface area contributed by atoms with Gasteiger partial charge in [0.1, 0.15) is 12.1 Å². The summed E-state index contributed by atoms with van der Waals surface area (Å²) < 4.78 is 0. The number of carbonyl (C=O) groups excluding carboxylic acids is 2. The number of carbonyl (C=O) groups is 2. The molecule has 0 saturated heterocycles. The van der Waals surface area contributed by atoms with Crippen LogP contribution in [0.4, 0.5) is 0 Å². The SMILES string of the molecule is CC(C)(C)C(=O)/C(C#N)=C(\[O-])c1ccc(Cl)cc1Cl.CC(C)(C)C(=O)/C(C#N)=C(\[O-])c1ccc(Cl)cc1Cl.[Mg+2]. The largest absolute Gasteiger partial charge is 2.00 e. The minimum Gasteiger partial charge on any atom is -0.871 e. The van der Waals surface area contributed by atoms with Crippen LogP contribution >= 0.6 is 46.4 Å². The van der Waals surface area contributed by atoms with Crippen LogP contribution in [-0.4, -0.2) is 34.6 Å². The van der Waals surface area contributed by atoms with E-state index in [0.717, 1.165) is 0 Å². The molecular formula is C28H24Cl4MgN2O4. The first-order valence-corrected chi connectivity index (χ1v) is 12.5. The summed E-state index contributed by atoms with van der Waals surface area (Å²) in [5.41, 5.74) is -2.26. The first-order valence-electron chi connectivity index (χ1n) is 11.0. The second-order valence-electron chi connectivity index (χ2n) is 10.0. The van der Waals surface area contributed by atoms with Crippen LogP contribution in [0.2, 0.25) is 20.1 Å². The van der Waals surface area contributed by atoms with Crippen molar-refractivity contribution < 1.29 is 19.8 Å². The van der Waals surface area contributed by atoms with Crippen molar-refractivity contribution in [2.24, 2.45) is 10.8 Å². The van der Waals surface area contributed by atoms with Gasteiger partial charge in [0, 0.05) is 30.9 Å². The summed E-state index contributed by atoms with van der Waals surface area (Å²) in [6.07, 6.45) is 0. The molecule has 11 heteroatoms. The van der Waals surface area contributed by atoms with Gasteiger partial charge >= 0.3 is 23.1 Å². The van der Waals surface area contributed by atoms with Gasteiger partial charge in [0.25, 0.3) is 0 Å². The molecular weight excluding hydrogens is 594 g/mol. The summed E-state index contributed by atoms with van der Waals surface area (Å²) in [5.74, 6) is -2.37. The topological polar surface area (TPSA) is 128 Å². The van der Waals surface area contributed by atoms with Crippen LogP contribution < -0.4 is 10.2 Å². The molecule has 0 saturated carbocycles. The van der Waals surface area contributed by atoms with Gasteiger partial charge in [-0.3, -0.25) is 9.59 Å². The molecule has 0 spiro atoms. The van der Waals surface area contributed by atoms with Gasteiger partial charge in [-0.05, 0) is 35.4 Å². The van der Waals surface area contributed by atoms with Gasteiger partial charge in [0.2, 0.25) is 0 Å². The van der Waals surface area contributed by atoms with Crippen molar-refractivity contribution in [1.82, 2.24) is 0 Å². The van der Waals surface area contributed by atoms with Crippen LogP contribution in [0.15, 0.2) is 47.5 Å². The smallest absolute Gasteiger partial charge is 0.871 e. The van der Waals surface area contributed by atoms with E-state index in [9.17, 15) is 19.8 Å². The molecule has 2 rings (SSSR count). The van der Waals surface area contributed by atoms with Gasteiger partial charge < -0.3 is 10.2 Å². The fraction of sp³-hybridized carbons (Fsp3) is 0.286. The van der Waals surface area contributed by atoms with Crippen LogP contribution in [0.5, 0.6) is 0 Å². The van der Waals surface area contributed by atoms with Crippen molar-refractivity contribution in [1.29, 1.82) is 10.5 Å². The monoisotopic (exact) mass is 616 g/mol. The van der Waals surface area contributed by atoms with Gasteiger partial charge in [-0.25, -0.2) is 0 Å². The maximum Gasteiger partial charge on any atom is 2.00 e. The predicted octanol–water partition coefficient (Wildman–Crippen LogP) is 6.03. The molecule has 0 bridgehead atoms. The number of nitrogens with zero attached hydrogens (tertiary/aromatic N) is 2. The van der Waals surface area contributed by atoms with E-state index < -0.39 is 45.1 Å². The van der Waals surface area contributed by atoms with Gasteiger partial charge in [0.05, 0.1) is 11.1 Å². The molecule has 39 heavy (non-hydrogen) atoms. The molecule has 0 heterocycles. The zero-order valence-corrected chi connectivity index (χ0v) is 26.6. The third-order valence-corrected chi connectivity index (χ3v) is 5.94. The van der Waals surface area contributed by atoms with Crippen molar-refractivity contribution in [3.05, 3.63) is 78.8 Å². The Bertz CT molecular complexity index is 1300. The summed E-state index contributed by atoms with van der Waals surface area (Å²) in [7, 11) is 0. The van der Waals surface area contributed by atoms with E-state index in [1.54, 1.807) is 53.7 Å². The van der Waals surface area contributed by atoms with Gasteiger partial charge in [0.15, 0.2) is 11.6 Å². The fourth-order valence-electron chi connectivity index (χ4n) is 2.78. The van der Waals surface area contributed by atoms with Crippen molar-refractivity contribution in [2.45, 2.75) is 41.5 Å². The van der Waals surface area contributed by atoms with E-state index in [4.69, 9.17) is 56.9 Å². The standard InChI is InChI=1S/2C14H13Cl2NO2.Mg/c2*1-14(2,3)13(19)10(7-17)12(18)9-5-4-8(15)6-11(9)16;/h2*4-6,18H,1-3H3;/q;;+2/p-2/b2*12-10-;. The number of rotatable bonds is 4. The Kier molecular flexibility index (Phi) is 14.1. The molecule has 0 atom stereocenters. The Morgan fingerprint density at radius 1 is 0.667 bits per heavy atom. The van der Waals surface area contributed by atoms with Crippen molar-refractivity contribution in [3.8, 4) is 12.1 Å². The second kappa shape index (κ2) is 15.0. The van der Waals surface area contributed by atoms with E-state index in [0.29, 0.717) is 10.0 Å². The molecule has 200 valence electrons. The Balaban J connectivity index is 0.000000722. The Morgan fingerprint density at radius 3 is 1.15 bits per heavy atom. The molecule has 0 fully saturated rings. The molecule has 2 aromatic rings. The van der Waals surface area contributed by atoms with Crippen LogP contribution in [0, 0.1) is 33.5 Å². The van der Waals surface area contributed by atoms with E-state index in [1.807, 2.05) is 0 Å². The first-order chi connectivity index (χ1) is 17.4. The Morgan fingerprint density at radius 2 is 0.949 bits per heavy atom. The zero-order chi connectivity index (χ0) is 29.6. The molecule has 0 aromatic heterocycles. The van der Waals surface area contributed by atoms with Crippen molar-refractivity contribution in [2.75, 3.05) is 0 Å². The van der Waals surface area contributed by atoms with E-state index in [2.05, 4.69) is 0 Å². The molecule has 0 unspecified atom stereocenters. The molecule has 0 radical (unpaired) electrons. The van der Waals surface area contributed by atoms with Crippen molar-refractivity contribution >= 4 is 92.5 Å². The summed E-state index contributed by atoms with van der Waals surface area (Å²) in [6.45, 7) is 9.85. The van der Waals surface area contributed by atoms with Crippen LogP contribution in [-0.2, 0) is 9.59 Å². The molecule has 0 aliphatic carbocycles. The summed E-state index contributed by atoms with van der Waals surface area (Å²) in [4.78, 5) is 24.1. The maximum atomic E-state index is 12.2. The third kappa shape index (κ3) is 10.0. The Labute approximate surface area is 264 Å². The first kappa shape index (κ1) is 36.8. The molecule has 2 aromatic carbocycles. The number of hydrogen-bond donors (Lipinski definition) is 0. The minimum atomic E-state index is -0.806. The second-order valence-corrected chi connectivity index (χ2v) is 11.7. The number of ketones is 2. The number of halogens is 4. The van der Waals surface area contributed by atoms with Gasteiger partial charge in [-0.1, -0.05) is 112 Å². The molecule has 0 amide bonds. The molecule has 6 nitrogen and oxygen atoms in total. The van der Waals surface area contributed by atoms with Crippen molar-refractivity contribution in [3.63, 3.8) is 0 Å². The van der Waals surface area contributed by atoms with E-state index >= 15 is 0 Å². The average molecular weight is 619 g/mol. The quantitative estimate of drug-likeness (QED) is 0.178. The predicted molar refractivity (Wildman–Crippen MR) is 153 cm³/mol. The van der Waals surface area contributed by atoms with E-state index in [-0.39, 0.29) is 44.2 Å². The third-order valence-electron chi connectivity index (χ3n) is 4.85. The number of Topliss-reactive ketones (excluding diaryl/α,β-unsaturated/α-hetero) is 2. The number of benzene rings is 2. The molecule has 0 aliphatic heterocycles. The fourth-order valence-corrected chi connectivity index (χ4v) is 3.76. The molecule has 0 N–H and O–H groups in total. The minimum absolute atomic E-state index is 0. The van der Waals surface area contributed by atoms with Gasteiger partial charge in [-0.15, -0.1) is 0 Å². The average Bonchev–Trinajstić information content (AvgIpc) is 2.79. The summed E-state index contributed by atoms with van der Waals surface area (Å²) in [5, 5.41) is 43.4. The number of allylic oxidation sites excluding steroid dienone is 2. The molecule has 0 aliphatic rings. The number of hydrogen-bond acceptors (Lipinski definition) is 6. The zero-order valence-electron chi connectivity index (χ0n) is 22.2. The normalized spacial score (nSPS) is 12.3. The summed E-state index contributed by atoms with van der Waals surface area (Å²) in [6, 6.07) is 11.9. The Hall–Kier alpha value is -2.23. The van der Waals surface area contributed by atoms with Crippen LogP contribution in [0.1, 0.15) is 52.7 Å². The number of nitriles is 2. The van der Waals surface area contributed by atoms with E-state index in [1.165, 1.54) is 36.4 Å². The van der Waals surface area contributed by atoms with Gasteiger partial charge in [-0.2, -0.15) is 10.5 Å². The summed E-state index contributed by atoms with van der Waals surface area (Å²) >= 11 is 23.3. The maximum absolute atomic E-state index is 12.2. The van der Waals surface area contributed by atoms with Crippen LogP contribution in [0.25, 0.3) is 11.5 Å².